The van der Waals surface area contributed by atoms with E-state index in [9.17, 15) is 38.2 Å². The van der Waals surface area contributed by atoms with Gasteiger partial charge in [0.25, 0.3) is 7.82 Å². The van der Waals surface area contributed by atoms with Crippen LogP contribution in [0.3, 0.4) is 0 Å². The fourth-order valence-electron chi connectivity index (χ4n) is 0.260. The van der Waals surface area contributed by atoms with Crippen molar-refractivity contribution in [1.82, 2.24) is 0 Å². The van der Waals surface area contributed by atoms with Crippen molar-refractivity contribution in [2.24, 2.45) is 0 Å². The Kier molecular flexibility index (Phi) is 46.1. The fourth-order valence-corrected chi connectivity index (χ4v) is 2.61. The van der Waals surface area contributed by atoms with E-state index in [0.717, 1.165) is 0 Å². The third-order valence-electron chi connectivity index (χ3n) is 0.400. The molecule has 0 amide bonds. The molecule has 0 bridgehead atoms. The van der Waals surface area contributed by atoms with Gasteiger partial charge in [-0.15, -0.1) is 0 Å². The first-order valence-electron chi connectivity index (χ1n) is 2.39. The molecule has 20 heteroatoms. The third-order valence-corrected chi connectivity index (χ3v) is 3.60. The second-order valence-electron chi connectivity index (χ2n) is 1.50. The van der Waals surface area contributed by atoms with E-state index in [-0.39, 0.29) is 148 Å². The summed E-state index contributed by atoms with van der Waals surface area (Å²) in [6, 6.07) is 0. The maximum atomic E-state index is 10.1. The Balaban J connectivity index is -0.0000000460. The molecule has 0 heterocycles. The summed E-state index contributed by atoms with van der Waals surface area (Å²) in [5, 5.41) is 12.0. The second kappa shape index (κ2) is 20.6. The summed E-state index contributed by atoms with van der Waals surface area (Å²) in [7, 11) is -17.9. The molecule has 12 nitrogen and oxygen atoms in total. The van der Waals surface area contributed by atoms with Crippen molar-refractivity contribution in [2.45, 2.75) is 0 Å². The van der Waals surface area contributed by atoms with Crippen LogP contribution in [0.25, 0.3) is 0 Å². The van der Waals surface area contributed by atoms with Gasteiger partial charge in [-0.3, -0.25) is 23.7 Å². The Morgan fingerprint density at radius 1 is 0.600 bits per heavy atom. The molecule has 0 spiro atoms. The number of hydrogen-bond donors (Lipinski definition) is 2. The van der Waals surface area contributed by atoms with Gasteiger partial charge in [-0.25, -0.2) is 0 Å². The molecule has 0 rings (SSSR count). The quantitative estimate of drug-likeness (QED) is 0.193. The molecule has 0 atom stereocenters. The van der Waals surface area contributed by atoms with Crippen LogP contribution >= 0.6 is 23.5 Å². The van der Waals surface area contributed by atoms with Gasteiger partial charge in [0.1, 0.15) is 0 Å². The normalized spacial score (nSPS) is 9.75. The van der Waals surface area contributed by atoms with Crippen molar-refractivity contribution in [3.8, 4) is 0 Å². The van der Waals surface area contributed by atoms with Crippen molar-refractivity contribution >= 4 is 23.5 Å². The van der Waals surface area contributed by atoms with Crippen molar-refractivity contribution in [3.05, 3.63) is 0 Å². The summed E-state index contributed by atoms with van der Waals surface area (Å²) >= 11 is 0. The van der Waals surface area contributed by atoms with Crippen LogP contribution in [-0.4, -0.2) is 10.5 Å². The second-order valence-corrected chi connectivity index (χ2v) is 5.49. The SMILES string of the molecule is O=P([O-])([O-])OP(=O)([O-])OP(=O)([O-])[O-].OO.[Na+].[Na+].[Na+].[Na+].[Na+]. The minimum atomic E-state index is -5.97. The van der Waals surface area contributed by atoms with Crippen molar-refractivity contribution in [1.29, 1.82) is 0 Å². The van der Waals surface area contributed by atoms with E-state index in [0.29, 0.717) is 0 Å². The van der Waals surface area contributed by atoms with Crippen LogP contribution in [0.2, 0.25) is 0 Å². The monoisotopic (exact) mass is 402 g/mol. The zero-order valence-corrected chi connectivity index (χ0v) is 24.0. The Labute approximate surface area is 224 Å². The molecule has 0 saturated carbocycles. The van der Waals surface area contributed by atoms with Gasteiger partial charge in [-0.1, -0.05) is 0 Å². The Morgan fingerprint density at radius 2 is 0.750 bits per heavy atom. The van der Waals surface area contributed by atoms with E-state index in [1.807, 2.05) is 0 Å². The summed E-state index contributed by atoms with van der Waals surface area (Å²) < 4.78 is 34.7. The van der Waals surface area contributed by atoms with E-state index >= 15 is 0 Å². The van der Waals surface area contributed by atoms with E-state index < -0.39 is 23.5 Å². The Hall–Kier alpha value is 5.33. The maximum absolute atomic E-state index is 10.1. The van der Waals surface area contributed by atoms with Crippen LogP contribution in [0.15, 0.2) is 0 Å². The standard InChI is InChI=1S/5Na.H5O10P3.H2O2/c;;;;;1-11(2,3)9-13(7,8)10-12(4,5)6;1-2/h;;;;;(H,7,8)(H2,1,2,3)(H2,4,5,6);1-2H/q5*+1;;/p-5. The summed E-state index contributed by atoms with van der Waals surface area (Å²) in [6.07, 6.45) is 0. The van der Waals surface area contributed by atoms with Crippen LogP contribution in [0.1, 0.15) is 0 Å². The topological polar surface area (TPSA) is 225 Å². The average Bonchev–Trinajstić information content (AvgIpc) is 1.79. The molecule has 0 aliphatic heterocycles. The largest absolute Gasteiger partial charge is 1.00 e. The summed E-state index contributed by atoms with van der Waals surface area (Å²) in [5.41, 5.74) is 0. The maximum Gasteiger partial charge on any atom is 1.00 e. The molecule has 20 heavy (non-hydrogen) atoms. The summed E-state index contributed by atoms with van der Waals surface area (Å²) in [6.45, 7) is 0. The Bertz CT molecular complexity index is 289. The molecular weight excluding hydrogens is 400 g/mol. The molecular formula is H2Na5O12P3. The molecule has 0 unspecified atom stereocenters. The van der Waals surface area contributed by atoms with E-state index in [4.69, 9.17) is 10.5 Å². The van der Waals surface area contributed by atoms with Crippen LogP contribution in [0, 0.1) is 0 Å². The van der Waals surface area contributed by atoms with E-state index in [1.54, 1.807) is 0 Å². The van der Waals surface area contributed by atoms with Gasteiger partial charge >= 0.3 is 148 Å². The van der Waals surface area contributed by atoms with E-state index in [2.05, 4.69) is 8.62 Å². The van der Waals surface area contributed by atoms with Gasteiger partial charge in [0.2, 0.25) is 0 Å². The third kappa shape index (κ3) is 38.7. The zero-order chi connectivity index (χ0) is 12.9. The predicted molar refractivity (Wildman–Crippen MR) is 30.2 cm³/mol. The smallest absolute Gasteiger partial charge is 0.790 e. The fraction of sp³-hybridized carbons (Fsp3) is 0. The molecule has 2 N–H and O–H groups in total. The van der Waals surface area contributed by atoms with Crippen LogP contribution < -0.4 is 172 Å². The molecule has 0 aromatic carbocycles. The zero-order valence-electron chi connectivity index (χ0n) is 11.3. The molecule has 0 aliphatic carbocycles. The molecule has 0 fully saturated rings. The average molecular weight is 402 g/mol. The van der Waals surface area contributed by atoms with Crippen LogP contribution in [0.4, 0.5) is 0 Å². The van der Waals surface area contributed by atoms with Crippen molar-refractivity contribution in [3.63, 3.8) is 0 Å². The van der Waals surface area contributed by atoms with Crippen LogP contribution in [0.5, 0.6) is 0 Å². The number of hydrogen-bond acceptors (Lipinski definition) is 12. The van der Waals surface area contributed by atoms with E-state index in [1.165, 1.54) is 0 Å². The van der Waals surface area contributed by atoms with Crippen LogP contribution in [-0.2, 0) is 22.3 Å². The molecule has 0 aromatic heterocycles. The van der Waals surface area contributed by atoms with Gasteiger partial charge in [-0.05, 0) is 0 Å². The molecule has 0 aliphatic rings. The Morgan fingerprint density at radius 3 is 0.850 bits per heavy atom. The molecule has 0 radical (unpaired) electrons. The molecule has 0 aromatic rings. The van der Waals surface area contributed by atoms with Crippen molar-refractivity contribution in [2.75, 3.05) is 0 Å². The van der Waals surface area contributed by atoms with Crippen molar-refractivity contribution < 1.29 is 205 Å². The summed E-state index contributed by atoms with van der Waals surface area (Å²) in [4.78, 5) is 48.6. The summed E-state index contributed by atoms with van der Waals surface area (Å²) in [5.74, 6) is 0. The van der Waals surface area contributed by atoms with Gasteiger partial charge in [0, 0.05) is 0 Å². The molecule has 94 valence electrons. The van der Waals surface area contributed by atoms with Gasteiger partial charge in [0.15, 0.2) is 0 Å². The predicted octanol–water partition coefficient (Wildman–Crippen LogP) is -18.8. The number of phosphoric acid groups is 3. The van der Waals surface area contributed by atoms with Gasteiger partial charge in [-0.2, -0.15) is 0 Å². The minimum absolute atomic E-state index is 0. The minimum Gasteiger partial charge on any atom is -0.790 e. The first kappa shape index (κ1) is 44.6. The molecule has 0 saturated heterocycles. The first-order chi connectivity index (χ1) is 6.41. The number of rotatable bonds is 4. The van der Waals surface area contributed by atoms with Gasteiger partial charge < -0.3 is 33.6 Å². The first-order valence-corrected chi connectivity index (χ1v) is 6.77. The van der Waals surface area contributed by atoms with Gasteiger partial charge in [0.05, 0.1) is 15.6 Å².